The van der Waals surface area contributed by atoms with Crippen molar-refractivity contribution in [3.63, 3.8) is 0 Å². The Labute approximate surface area is 71.4 Å². The van der Waals surface area contributed by atoms with Gasteiger partial charge in [0, 0.05) is 31.3 Å². The molecule has 1 aromatic heterocycles. The van der Waals surface area contributed by atoms with Gasteiger partial charge in [-0.1, -0.05) is 0 Å². The Balaban J connectivity index is 2.09. The Kier molecular flexibility index (Phi) is 1.94. The fourth-order valence-electron chi connectivity index (χ4n) is 1.74. The van der Waals surface area contributed by atoms with Crippen molar-refractivity contribution in [3.8, 4) is 0 Å². The molecule has 3 nitrogen and oxygen atoms in total. The highest BCUT2D eigenvalue weighted by Crippen LogP contribution is 2.25. The van der Waals surface area contributed by atoms with E-state index in [0.717, 1.165) is 19.3 Å². The molecule has 0 radical (unpaired) electrons. The van der Waals surface area contributed by atoms with Gasteiger partial charge in [0.15, 0.2) is 0 Å². The van der Waals surface area contributed by atoms with Crippen molar-refractivity contribution < 1.29 is 4.79 Å². The highest BCUT2D eigenvalue weighted by Gasteiger charge is 2.19. The molecule has 1 atom stereocenters. The molecule has 1 saturated carbocycles. The van der Waals surface area contributed by atoms with Crippen LogP contribution in [0.3, 0.4) is 0 Å². The Hall–Kier alpha value is -1.12. The first kappa shape index (κ1) is 7.53. The third-order valence-corrected chi connectivity index (χ3v) is 2.40. The molecular formula is C9H12N2O. The number of carbonyl (C=O) groups is 1. The van der Waals surface area contributed by atoms with E-state index in [1.165, 1.54) is 0 Å². The van der Waals surface area contributed by atoms with Gasteiger partial charge in [-0.15, -0.1) is 0 Å². The summed E-state index contributed by atoms with van der Waals surface area (Å²) in [6.45, 7) is 0. The molecule has 0 saturated heterocycles. The monoisotopic (exact) mass is 164 g/mol. The molecular weight excluding hydrogens is 152 g/mol. The van der Waals surface area contributed by atoms with Crippen LogP contribution in [-0.2, 0) is 4.79 Å². The SMILES string of the molecule is O=C1CCC[C@H](n2ccnc2)C1. The van der Waals surface area contributed by atoms with Gasteiger partial charge in [-0.25, -0.2) is 4.98 Å². The minimum absolute atomic E-state index is 0.369. The molecule has 0 aliphatic heterocycles. The summed E-state index contributed by atoms with van der Waals surface area (Å²) >= 11 is 0. The zero-order valence-corrected chi connectivity index (χ0v) is 6.94. The first-order chi connectivity index (χ1) is 5.86. The van der Waals surface area contributed by atoms with Crippen LogP contribution in [0.15, 0.2) is 18.7 Å². The van der Waals surface area contributed by atoms with Crippen LogP contribution in [0.5, 0.6) is 0 Å². The highest BCUT2D eigenvalue weighted by molar-refractivity contribution is 5.79. The lowest BCUT2D eigenvalue weighted by atomic mass is 9.94. The number of nitrogens with zero attached hydrogens (tertiary/aromatic N) is 2. The fourth-order valence-corrected chi connectivity index (χ4v) is 1.74. The number of rotatable bonds is 1. The molecule has 1 aliphatic rings. The van der Waals surface area contributed by atoms with Gasteiger partial charge < -0.3 is 4.57 Å². The quantitative estimate of drug-likeness (QED) is 0.631. The maximum absolute atomic E-state index is 11.1. The predicted molar refractivity (Wildman–Crippen MR) is 44.7 cm³/mol. The molecule has 1 fully saturated rings. The average Bonchev–Trinajstić information content (AvgIpc) is 2.56. The first-order valence-corrected chi connectivity index (χ1v) is 4.35. The molecule has 1 aromatic rings. The third kappa shape index (κ3) is 1.40. The lowest BCUT2D eigenvalue weighted by Gasteiger charge is -2.21. The highest BCUT2D eigenvalue weighted by atomic mass is 16.1. The maximum atomic E-state index is 11.1. The van der Waals surface area contributed by atoms with Gasteiger partial charge in [0.1, 0.15) is 5.78 Å². The van der Waals surface area contributed by atoms with Crippen molar-refractivity contribution in [2.24, 2.45) is 0 Å². The van der Waals surface area contributed by atoms with Gasteiger partial charge in [-0.05, 0) is 12.8 Å². The van der Waals surface area contributed by atoms with Crippen molar-refractivity contribution in [2.45, 2.75) is 31.7 Å². The second kappa shape index (κ2) is 3.09. The second-order valence-electron chi connectivity index (χ2n) is 3.30. The molecule has 0 bridgehead atoms. The number of hydrogen-bond acceptors (Lipinski definition) is 2. The van der Waals surface area contributed by atoms with Crippen molar-refractivity contribution >= 4 is 5.78 Å². The van der Waals surface area contributed by atoms with E-state index >= 15 is 0 Å². The van der Waals surface area contributed by atoms with Crippen molar-refractivity contribution in [2.75, 3.05) is 0 Å². The summed E-state index contributed by atoms with van der Waals surface area (Å²) in [4.78, 5) is 15.1. The zero-order chi connectivity index (χ0) is 8.39. The number of aromatic nitrogens is 2. The molecule has 3 heteroatoms. The van der Waals surface area contributed by atoms with Gasteiger partial charge in [0.2, 0.25) is 0 Å². The van der Waals surface area contributed by atoms with Crippen LogP contribution in [-0.4, -0.2) is 15.3 Å². The minimum Gasteiger partial charge on any atom is -0.334 e. The van der Waals surface area contributed by atoms with Crippen LogP contribution < -0.4 is 0 Å². The normalized spacial score (nSPS) is 24.3. The lowest BCUT2D eigenvalue weighted by molar-refractivity contribution is -0.121. The van der Waals surface area contributed by atoms with Gasteiger partial charge in [0.05, 0.1) is 6.33 Å². The number of ketones is 1. The summed E-state index contributed by atoms with van der Waals surface area (Å²) in [6.07, 6.45) is 9.09. The van der Waals surface area contributed by atoms with Crippen LogP contribution in [0.2, 0.25) is 0 Å². The fraction of sp³-hybridized carbons (Fsp3) is 0.556. The van der Waals surface area contributed by atoms with Crippen LogP contribution in [0.25, 0.3) is 0 Å². The molecule has 1 heterocycles. The van der Waals surface area contributed by atoms with Crippen molar-refractivity contribution in [3.05, 3.63) is 18.7 Å². The van der Waals surface area contributed by atoms with Crippen molar-refractivity contribution in [1.82, 2.24) is 9.55 Å². The summed E-state index contributed by atoms with van der Waals surface area (Å²) in [5.41, 5.74) is 0. The van der Waals surface area contributed by atoms with E-state index in [-0.39, 0.29) is 0 Å². The number of hydrogen-bond donors (Lipinski definition) is 0. The Morgan fingerprint density at radius 2 is 2.50 bits per heavy atom. The minimum atomic E-state index is 0.369. The number of carbonyl (C=O) groups excluding carboxylic acids is 1. The summed E-state index contributed by atoms with van der Waals surface area (Å²) < 4.78 is 2.04. The molecule has 0 N–H and O–H groups in total. The second-order valence-corrected chi connectivity index (χ2v) is 3.30. The van der Waals surface area contributed by atoms with E-state index in [9.17, 15) is 4.79 Å². The third-order valence-electron chi connectivity index (χ3n) is 2.40. The van der Waals surface area contributed by atoms with Crippen molar-refractivity contribution in [1.29, 1.82) is 0 Å². The van der Waals surface area contributed by atoms with Gasteiger partial charge in [-0.3, -0.25) is 4.79 Å². The topological polar surface area (TPSA) is 34.9 Å². The summed E-state index contributed by atoms with van der Waals surface area (Å²) in [7, 11) is 0. The Morgan fingerprint density at radius 1 is 1.58 bits per heavy atom. The summed E-state index contributed by atoms with van der Waals surface area (Å²) in [6, 6.07) is 0.369. The van der Waals surface area contributed by atoms with Crippen LogP contribution in [0.1, 0.15) is 31.7 Å². The van der Waals surface area contributed by atoms with Crippen LogP contribution in [0.4, 0.5) is 0 Å². The first-order valence-electron chi connectivity index (χ1n) is 4.35. The molecule has 1 aliphatic carbocycles. The Bertz CT molecular complexity index is 266. The van der Waals surface area contributed by atoms with E-state index in [2.05, 4.69) is 4.98 Å². The Morgan fingerprint density at radius 3 is 3.17 bits per heavy atom. The summed E-state index contributed by atoms with van der Waals surface area (Å²) in [5.74, 6) is 0.389. The van der Waals surface area contributed by atoms with E-state index in [1.54, 1.807) is 12.5 Å². The van der Waals surface area contributed by atoms with E-state index in [1.807, 2.05) is 10.8 Å². The lowest BCUT2D eigenvalue weighted by Crippen LogP contribution is -2.17. The average molecular weight is 164 g/mol. The number of imidazole rings is 1. The van der Waals surface area contributed by atoms with Crippen LogP contribution >= 0.6 is 0 Å². The molecule has 0 unspecified atom stereocenters. The van der Waals surface area contributed by atoms with E-state index in [4.69, 9.17) is 0 Å². The molecule has 2 rings (SSSR count). The van der Waals surface area contributed by atoms with E-state index in [0.29, 0.717) is 18.2 Å². The smallest absolute Gasteiger partial charge is 0.134 e. The largest absolute Gasteiger partial charge is 0.334 e. The molecule has 0 amide bonds. The van der Waals surface area contributed by atoms with Gasteiger partial charge >= 0.3 is 0 Å². The standard InChI is InChI=1S/C9H12N2O/c12-9-3-1-2-8(6-9)11-5-4-10-7-11/h4-5,7-8H,1-3,6H2/t8-/m0/s1. The molecule has 12 heavy (non-hydrogen) atoms. The molecule has 0 spiro atoms. The van der Waals surface area contributed by atoms with Crippen LogP contribution in [0, 0.1) is 0 Å². The van der Waals surface area contributed by atoms with Gasteiger partial charge in [-0.2, -0.15) is 0 Å². The van der Waals surface area contributed by atoms with Gasteiger partial charge in [0.25, 0.3) is 0 Å². The molecule has 0 aromatic carbocycles. The molecule has 64 valence electrons. The zero-order valence-electron chi connectivity index (χ0n) is 6.94. The number of Topliss-reactive ketones (excluding diaryl/α,β-unsaturated/α-hetero) is 1. The van der Waals surface area contributed by atoms with E-state index < -0.39 is 0 Å². The summed E-state index contributed by atoms with van der Waals surface area (Å²) in [5, 5.41) is 0. The predicted octanol–water partition coefficient (Wildman–Crippen LogP) is 1.57. The maximum Gasteiger partial charge on any atom is 0.134 e.